The molecule has 5 heteroatoms. The highest BCUT2D eigenvalue weighted by atomic mass is 16.5. The van der Waals surface area contributed by atoms with E-state index in [1.807, 2.05) is 31.2 Å². The number of nitrogens with zero attached hydrogens (tertiary/aromatic N) is 1. The van der Waals surface area contributed by atoms with Crippen LogP contribution in [0.15, 0.2) is 30.5 Å². The highest BCUT2D eigenvalue weighted by molar-refractivity contribution is 5.86. The van der Waals surface area contributed by atoms with Crippen molar-refractivity contribution in [3.8, 4) is 17.1 Å². The Morgan fingerprint density at radius 1 is 1.47 bits per heavy atom. The van der Waals surface area contributed by atoms with Gasteiger partial charge in [0.2, 0.25) is 0 Å². The molecule has 0 spiro atoms. The molecule has 0 amide bonds. The first kappa shape index (κ1) is 11.2. The van der Waals surface area contributed by atoms with Crippen molar-refractivity contribution >= 4 is 5.97 Å². The molecule has 1 aromatic carbocycles. The number of carboxylic acid groups (broad SMARTS) is 1. The van der Waals surface area contributed by atoms with Crippen molar-refractivity contribution in [1.82, 2.24) is 9.97 Å². The van der Waals surface area contributed by atoms with E-state index >= 15 is 0 Å². The normalized spacial score (nSPS) is 10.2. The van der Waals surface area contributed by atoms with Crippen molar-refractivity contribution in [1.29, 1.82) is 0 Å². The van der Waals surface area contributed by atoms with Gasteiger partial charge in [-0.1, -0.05) is 12.1 Å². The Kier molecular flexibility index (Phi) is 3.09. The summed E-state index contributed by atoms with van der Waals surface area (Å²) < 4.78 is 5.45. The summed E-state index contributed by atoms with van der Waals surface area (Å²) >= 11 is 0. The fourth-order valence-corrected chi connectivity index (χ4v) is 1.51. The summed E-state index contributed by atoms with van der Waals surface area (Å²) in [5.74, 6) is 0.144. The number of rotatable bonds is 4. The Hall–Kier alpha value is -2.30. The third-order valence-corrected chi connectivity index (χ3v) is 2.25. The van der Waals surface area contributed by atoms with Gasteiger partial charge < -0.3 is 14.8 Å². The Labute approximate surface area is 98.1 Å². The summed E-state index contributed by atoms with van der Waals surface area (Å²) in [5, 5.41) is 8.82. The molecule has 17 heavy (non-hydrogen) atoms. The van der Waals surface area contributed by atoms with Gasteiger partial charge in [0.1, 0.15) is 17.3 Å². The summed E-state index contributed by atoms with van der Waals surface area (Å²) in [6, 6.07) is 7.35. The van der Waals surface area contributed by atoms with Crippen LogP contribution in [0.25, 0.3) is 11.4 Å². The van der Waals surface area contributed by atoms with E-state index in [4.69, 9.17) is 9.84 Å². The van der Waals surface area contributed by atoms with Crippen LogP contribution in [-0.2, 0) is 0 Å². The largest absolute Gasteiger partial charge is 0.493 e. The molecule has 0 aliphatic carbocycles. The summed E-state index contributed by atoms with van der Waals surface area (Å²) in [7, 11) is 0. The number of carbonyl (C=O) groups is 1. The van der Waals surface area contributed by atoms with Gasteiger partial charge in [-0.25, -0.2) is 9.78 Å². The van der Waals surface area contributed by atoms with Crippen molar-refractivity contribution in [3.05, 3.63) is 36.2 Å². The highest BCUT2D eigenvalue weighted by Gasteiger charge is 2.12. The number of hydrogen-bond acceptors (Lipinski definition) is 3. The Balaban J connectivity index is 2.41. The zero-order valence-electron chi connectivity index (χ0n) is 9.30. The third-order valence-electron chi connectivity index (χ3n) is 2.25. The number of aromatic carboxylic acids is 1. The molecule has 0 atom stereocenters. The second kappa shape index (κ2) is 4.69. The van der Waals surface area contributed by atoms with E-state index in [0.717, 1.165) is 5.56 Å². The van der Waals surface area contributed by atoms with Gasteiger partial charge in [-0.15, -0.1) is 0 Å². The Morgan fingerprint density at radius 3 is 2.88 bits per heavy atom. The molecular formula is C12H12N2O3. The second-order valence-corrected chi connectivity index (χ2v) is 3.38. The molecule has 0 bridgehead atoms. The number of H-pyrrole nitrogens is 1. The summed E-state index contributed by atoms with van der Waals surface area (Å²) in [4.78, 5) is 17.5. The number of imidazole rings is 1. The van der Waals surface area contributed by atoms with Crippen molar-refractivity contribution in [2.75, 3.05) is 6.61 Å². The lowest BCUT2D eigenvalue weighted by atomic mass is 10.2. The predicted octanol–water partition coefficient (Wildman–Crippen LogP) is 2.17. The molecule has 0 aliphatic rings. The quantitative estimate of drug-likeness (QED) is 0.847. The predicted molar refractivity (Wildman–Crippen MR) is 62.2 cm³/mol. The van der Waals surface area contributed by atoms with E-state index < -0.39 is 5.97 Å². The molecule has 0 saturated heterocycles. The van der Waals surface area contributed by atoms with Crippen LogP contribution in [0, 0.1) is 0 Å². The molecule has 0 saturated carbocycles. The molecule has 0 aliphatic heterocycles. The SMILES string of the molecule is CCOc1ccccc1-c1ncc(C(=O)O)[nH]1. The highest BCUT2D eigenvalue weighted by Crippen LogP contribution is 2.27. The summed E-state index contributed by atoms with van der Waals surface area (Å²) in [6.45, 7) is 2.44. The molecule has 1 aromatic heterocycles. The minimum Gasteiger partial charge on any atom is -0.493 e. The van der Waals surface area contributed by atoms with Crippen LogP contribution in [0.3, 0.4) is 0 Å². The van der Waals surface area contributed by atoms with Crippen LogP contribution in [0.2, 0.25) is 0 Å². The topological polar surface area (TPSA) is 75.2 Å². The number of para-hydroxylation sites is 1. The first-order valence-electron chi connectivity index (χ1n) is 5.23. The number of ether oxygens (including phenoxy) is 1. The standard InChI is InChI=1S/C12H12N2O3/c1-2-17-10-6-4-3-5-8(10)11-13-7-9(14-11)12(15)16/h3-7H,2H2,1H3,(H,13,14)(H,15,16). The fraction of sp³-hybridized carbons (Fsp3) is 0.167. The van der Waals surface area contributed by atoms with Crippen LogP contribution in [0.5, 0.6) is 5.75 Å². The maximum Gasteiger partial charge on any atom is 0.353 e. The number of nitrogens with one attached hydrogen (secondary N) is 1. The lowest BCUT2D eigenvalue weighted by molar-refractivity contribution is 0.0691. The summed E-state index contributed by atoms with van der Waals surface area (Å²) in [5.41, 5.74) is 0.813. The molecule has 1 heterocycles. The number of carboxylic acids is 1. The number of benzene rings is 1. The number of aromatic nitrogens is 2. The van der Waals surface area contributed by atoms with Gasteiger partial charge in [0.05, 0.1) is 18.4 Å². The first-order chi connectivity index (χ1) is 8.22. The van der Waals surface area contributed by atoms with Crippen LogP contribution in [0.4, 0.5) is 0 Å². The average molecular weight is 232 g/mol. The maximum absolute atomic E-state index is 10.8. The van der Waals surface area contributed by atoms with Gasteiger partial charge in [0, 0.05) is 0 Å². The van der Waals surface area contributed by atoms with Gasteiger partial charge in [-0.05, 0) is 19.1 Å². The van der Waals surface area contributed by atoms with Crippen molar-refractivity contribution < 1.29 is 14.6 Å². The first-order valence-corrected chi connectivity index (χ1v) is 5.23. The van der Waals surface area contributed by atoms with Gasteiger partial charge in [-0.2, -0.15) is 0 Å². The Morgan fingerprint density at radius 2 is 2.24 bits per heavy atom. The average Bonchev–Trinajstić information content (AvgIpc) is 2.79. The molecule has 5 nitrogen and oxygen atoms in total. The van der Waals surface area contributed by atoms with Gasteiger partial charge in [-0.3, -0.25) is 0 Å². The minimum atomic E-state index is -1.03. The van der Waals surface area contributed by atoms with Gasteiger partial charge in [0.25, 0.3) is 0 Å². The van der Waals surface area contributed by atoms with Crippen LogP contribution in [-0.4, -0.2) is 27.7 Å². The number of aromatic amines is 1. The molecule has 0 fully saturated rings. The molecule has 2 rings (SSSR count). The van der Waals surface area contributed by atoms with Crippen molar-refractivity contribution in [3.63, 3.8) is 0 Å². The van der Waals surface area contributed by atoms with E-state index in [2.05, 4.69) is 9.97 Å². The molecule has 2 N–H and O–H groups in total. The zero-order valence-corrected chi connectivity index (χ0v) is 9.30. The zero-order chi connectivity index (χ0) is 12.3. The second-order valence-electron chi connectivity index (χ2n) is 3.38. The molecule has 0 unspecified atom stereocenters. The van der Waals surface area contributed by atoms with Gasteiger partial charge >= 0.3 is 5.97 Å². The molecular weight excluding hydrogens is 220 g/mol. The van der Waals surface area contributed by atoms with E-state index in [1.165, 1.54) is 6.20 Å². The smallest absolute Gasteiger partial charge is 0.353 e. The van der Waals surface area contributed by atoms with Gasteiger partial charge in [0.15, 0.2) is 0 Å². The van der Waals surface area contributed by atoms with E-state index in [1.54, 1.807) is 0 Å². The van der Waals surface area contributed by atoms with E-state index in [-0.39, 0.29) is 5.69 Å². The summed E-state index contributed by atoms with van der Waals surface area (Å²) in [6.07, 6.45) is 1.29. The number of hydrogen-bond donors (Lipinski definition) is 2. The van der Waals surface area contributed by atoms with Crippen molar-refractivity contribution in [2.45, 2.75) is 6.92 Å². The van der Waals surface area contributed by atoms with Crippen LogP contribution >= 0.6 is 0 Å². The van der Waals surface area contributed by atoms with E-state index in [0.29, 0.717) is 18.2 Å². The molecule has 2 aromatic rings. The monoisotopic (exact) mass is 232 g/mol. The minimum absolute atomic E-state index is 0.0614. The van der Waals surface area contributed by atoms with Crippen LogP contribution < -0.4 is 4.74 Å². The Bertz CT molecular complexity index is 534. The molecule has 88 valence electrons. The lowest BCUT2D eigenvalue weighted by Gasteiger charge is -2.07. The third kappa shape index (κ3) is 2.28. The fourth-order valence-electron chi connectivity index (χ4n) is 1.51. The lowest BCUT2D eigenvalue weighted by Crippen LogP contribution is -1.97. The molecule has 0 radical (unpaired) electrons. The van der Waals surface area contributed by atoms with Crippen LogP contribution in [0.1, 0.15) is 17.4 Å². The maximum atomic E-state index is 10.8. The van der Waals surface area contributed by atoms with E-state index in [9.17, 15) is 4.79 Å². The van der Waals surface area contributed by atoms with Crippen molar-refractivity contribution in [2.24, 2.45) is 0 Å².